The summed E-state index contributed by atoms with van der Waals surface area (Å²) in [4.78, 5) is 37.0. The molecule has 0 bridgehead atoms. The number of carbonyl (C=O) groups excluding carboxylic acids is 3. The lowest BCUT2D eigenvalue weighted by molar-refractivity contribution is -0.115. The van der Waals surface area contributed by atoms with Gasteiger partial charge in [0, 0.05) is 27.9 Å². The number of hydrogen-bond acceptors (Lipinski definition) is 4. The van der Waals surface area contributed by atoms with Gasteiger partial charge in [-0.2, -0.15) is 0 Å². The molecule has 0 aliphatic rings. The molecule has 162 valence electrons. The number of ketones is 1. The van der Waals surface area contributed by atoms with E-state index in [1.807, 2.05) is 55.5 Å². The first-order chi connectivity index (χ1) is 15.4. The SMILES string of the molecule is CC(=O)c1ccc(NC(=O)C(C)Sc2cccc(NC(=O)/C=C/c3ccccc3)c2)cc1. The van der Waals surface area contributed by atoms with Gasteiger partial charge >= 0.3 is 0 Å². The fourth-order valence-corrected chi connectivity index (χ4v) is 3.78. The van der Waals surface area contributed by atoms with E-state index in [0.717, 1.165) is 10.5 Å². The van der Waals surface area contributed by atoms with Crippen LogP contribution in [0.2, 0.25) is 0 Å². The molecule has 3 aromatic rings. The van der Waals surface area contributed by atoms with E-state index in [9.17, 15) is 14.4 Å². The zero-order valence-corrected chi connectivity index (χ0v) is 18.7. The molecule has 0 aliphatic heterocycles. The van der Waals surface area contributed by atoms with Gasteiger partial charge in [-0.05, 0) is 68.0 Å². The van der Waals surface area contributed by atoms with E-state index in [2.05, 4.69) is 10.6 Å². The first-order valence-corrected chi connectivity index (χ1v) is 11.0. The summed E-state index contributed by atoms with van der Waals surface area (Å²) in [5, 5.41) is 5.34. The van der Waals surface area contributed by atoms with Crippen molar-refractivity contribution >= 4 is 46.8 Å². The van der Waals surface area contributed by atoms with Crippen LogP contribution in [0, 0.1) is 0 Å². The number of rotatable bonds is 8. The molecule has 6 heteroatoms. The van der Waals surface area contributed by atoms with Crippen LogP contribution in [0.4, 0.5) is 11.4 Å². The van der Waals surface area contributed by atoms with Crippen molar-refractivity contribution in [3.05, 3.63) is 96.1 Å². The Hall–Kier alpha value is -3.64. The van der Waals surface area contributed by atoms with Gasteiger partial charge in [0.15, 0.2) is 5.78 Å². The van der Waals surface area contributed by atoms with Crippen LogP contribution >= 0.6 is 11.8 Å². The average Bonchev–Trinajstić information content (AvgIpc) is 2.79. The lowest BCUT2D eigenvalue weighted by Gasteiger charge is -2.13. The minimum Gasteiger partial charge on any atom is -0.325 e. The first kappa shape index (κ1) is 23.0. The molecule has 5 nitrogen and oxygen atoms in total. The molecule has 2 N–H and O–H groups in total. The third-order valence-electron chi connectivity index (χ3n) is 4.57. The topological polar surface area (TPSA) is 75.3 Å². The van der Waals surface area contributed by atoms with Crippen LogP contribution in [-0.4, -0.2) is 22.8 Å². The normalized spacial score (nSPS) is 11.7. The molecule has 0 saturated carbocycles. The van der Waals surface area contributed by atoms with Crippen molar-refractivity contribution in [2.24, 2.45) is 0 Å². The number of hydrogen-bond donors (Lipinski definition) is 2. The molecular formula is C26H24N2O3S. The highest BCUT2D eigenvalue weighted by atomic mass is 32.2. The van der Waals surface area contributed by atoms with Crippen molar-refractivity contribution in [1.82, 2.24) is 0 Å². The number of anilines is 2. The van der Waals surface area contributed by atoms with Crippen LogP contribution < -0.4 is 10.6 Å². The van der Waals surface area contributed by atoms with Gasteiger partial charge in [-0.3, -0.25) is 14.4 Å². The van der Waals surface area contributed by atoms with Crippen molar-refractivity contribution in [2.75, 3.05) is 10.6 Å². The summed E-state index contributed by atoms with van der Waals surface area (Å²) in [6.07, 6.45) is 3.24. The molecule has 0 fully saturated rings. The predicted molar refractivity (Wildman–Crippen MR) is 131 cm³/mol. The summed E-state index contributed by atoms with van der Waals surface area (Å²) in [5.74, 6) is -0.393. The van der Waals surface area contributed by atoms with Gasteiger partial charge in [0.1, 0.15) is 0 Å². The molecule has 3 aromatic carbocycles. The second kappa shape index (κ2) is 11.1. The quantitative estimate of drug-likeness (QED) is 0.267. The fraction of sp³-hybridized carbons (Fsp3) is 0.115. The molecule has 0 saturated heterocycles. The number of thioether (sulfide) groups is 1. The molecule has 0 aromatic heterocycles. The summed E-state index contributed by atoms with van der Waals surface area (Å²) in [6, 6.07) is 23.8. The highest BCUT2D eigenvalue weighted by Gasteiger charge is 2.15. The van der Waals surface area contributed by atoms with E-state index in [0.29, 0.717) is 16.9 Å². The Bertz CT molecular complexity index is 1130. The van der Waals surface area contributed by atoms with Gasteiger partial charge < -0.3 is 10.6 Å². The second-order valence-corrected chi connectivity index (χ2v) is 8.56. The number of carbonyl (C=O) groups is 3. The largest absolute Gasteiger partial charge is 0.325 e. The van der Waals surface area contributed by atoms with Gasteiger partial charge in [0.05, 0.1) is 5.25 Å². The number of amides is 2. The second-order valence-electron chi connectivity index (χ2n) is 7.14. The maximum Gasteiger partial charge on any atom is 0.248 e. The van der Waals surface area contributed by atoms with Crippen LogP contribution in [0.15, 0.2) is 89.8 Å². The van der Waals surface area contributed by atoms with E-state index in [4.69, 9.17) is 0 Å². The molecule has 0 spiro atoms. The van der Waals surface area contributed by atoms with Gasteiger partial charge in [0.25, 0.3) is 0 Å². The Morgan fingerprint density at radius 1 is 0.844 bits per heavy atom. The van der Waals surface area contributed by atoms with E-state index >= 15 is 0 Å². The third-order valence-corrected chi connectivity index (χ3v) is 5.66. The summed E-state index contributed by atoms with van der Waals surface area (Å²) in [5.41, 5.74) is 2.84. The predicted octanol–water partition coefficient (Wildman–Crippen LogP) is 5.66. The lowest BCUT2D eigenvalue weighted by Crippen LogP contribution is -2.22. The van der Waals surface area contributed by atoms with Crippen molar-refractivity contribution in [1.29, 1.82) is 0 Å². The molecule has 3 rings (SSSR count). The molecule has 0 heterocycles. The molecule has 1 unspecified atom stereocenters. The number of Topliss-reactive ketones (excluding diaryl/α,β-unsaturated/α-hetero) is 1. The Morgan fingerprint density at radius 3 is 2.25 bits per heavy atom. The van der Waals surface area contributed by atoms with Crippen molar-refractivity contribution < 1.29 is 14.4 Å². The van der Waals surface area contributed by atoms with E-state index in [-0.39, 0.29) is 22.8 Å². The van der Waals surface area contributed by atoms with Crippen molar-refractivity contribution in [3.8, 4) is 0 Å². The Morgan fingerprint density at radius 2 is 1.56 bits per heavy atom. The van der Waals surface area contributed by atoms with E-state index in [1.165, 1.54) is 24.8 Å². The van der Waals surface area contributed by atoms with Crippen LogP contribution in [0.3, 0.4) is 0 Å². The van der Waals surface area contributed by atoms with Crippen LogP contribution in [0.5, 0.6) is 0 Å². The van der Waals surface area contributed by atoms with Gasteiger partial charge in [-0.15, -0.1) is 11.8 Å². The minimum absolute atomic E-state index is 0.0191. The number of benzene rings is 3. The Balaban J connectivity index is 1.56. The molecule has 32 heavy (non-hydrogen) atoms. The summed E-state index contributed by atoms with van der Waals surface area (Å²) in [7, 11) is 0. The van der Waals surface area contributed by atoms with Gasteiger partial charge in [0.2, 0.25) is 11.8 Å². The van der Waals surface area contributed by atoms with Crippen LogP contribution in [0.1, 0.15) is 29.8 Å². The summed E-state index contributed by atoms with van der Waals surface area (Å²) < 4.78 is 0. The molecule has 2 amide bonds. The van der Waals surface area contributed by atoms with E-state index in [1.54, 1.807) is 36.4 Å². The zero-order valence-electron chi connectivity index (χ0n) is 17.9. The Labute approximate surface area is 191 Å². The molecule has 0 radical (unpaired) electrons. The monoisotopic (exact) mass is 444 g/mol. The van der Waals surface area contributed by atoms with Gasteiger partial charge in [-0.1, -0.05) is 36.4 Å². The van der Waals surface area contributed by atoms with Crippen molar-refractivity contribution in [3.63, 3.8) is 0 Å². The first-order valence-electron chi connectivity index (χ1n) is 10.1. The lowest BCUT2D eigenvalue weighted by atomic mass is 10.1. The maximum absolute atomic E-state index is 12.5. The van der Waals surface area contributed by atoms with Gasteiger partial charge in [-0.25, -0.2) is 0 Å². The Kier molecular flexibility index (Phi) is 8.00. The molecule has 1 atom stereocenters. The molecular weight excluding hydrogens is 420 g/mol. The third kappa shape index (κ3) is 6.96. The highest BCUT2D eigenvalue weighted by molar-refractivity contribution is 8.00. The highest BCUT2D eigenvalue weighted by Crippen LogP contribution is 2.26. The fourth-order valence-electron chi connectivity index (χ4n) is 2.86. The molecule has 0 aliphatic carbocycles. The van der Waals surface area contributed by atoms with E-state index < -0.39 is 0 Å². The average molecular weight is 445 g/mol. The smallest absolute Gasteiger partial charge is 0.248 e. The minimum atomic E-state index is -0.355. The standard InChI is InChI=1S/C26H24N2O3S/c1-18(29)21-12-14-22(15-13-21)28-26(31)19(2)32-24-10-6-9-23(17-24)27-25(30)16-11-20-7-4-3-5-8-20/h3-17,19H,1-2H3,(H,27,30)(H,28,31)/b16-11+. The zero-order chi connectivity index (χ0) is 22.9. The summed E-state index contributed by atoms with van der Waals surface area (Å²) >= 11 is 1.39. The van der Waals surface area contributed by atoms with Crippen molar-refractivity contribution in [2.45, 2.75) is 24.0 Å². The van der Waals surface area contributed by atoms with Crippen LogP contribution in [-0.2, 0) is 9.59 Å². The van der Waals surface area contributed by atoms with Crippen LogP contribution in [0.25, 0.3) is 6.08 Å². The summed E-state index contributed by atoms with van der Waals surface area (Å²) in [6.45, 7) is 3.32. The number of nitrogens with one attached hydrogen (secondary N) is 2. The maximum atomic E-state index is 12.5.